The summed E-state index contributed by atoms with van der Waals surface area (Å²) in [5.41, 5.74) is 0. The molecule has 1 saturated heterocycles. The number of likely N-dealkylation sites (tertiary alicyclic amines) is 1. The largest absolute Gasteiger partial charge is 0.479 e. The van der Waals surface area contributed by atoms with Gasteiger partial charge in [-0.05, 0) is 6.42 Å². The number of methoxy groups -OCH3 is 1. The third-order valence-corrected chi connectivity index (χ3v) is 2.36. The number of carbonyl (C=O) groups is 2. The van der Waals surface area contributed by atoms with Crippen molar-refractivity contribution in [1.29, 1.82) is 0 Å². The van der Waals surface area contributed by atoms with Gasteiger partial charge in [-0.1, -0.05) is 0 Å². The Labute approximate surface area is 81.1 Å². The maximum absolute atomic E-state index is 11.0. The molecule has 2 N–H and O–H groups in total. The summed E-state index contributed by atoms with van der Waals surface area (Å²) < 4.78 is 4.48. The Morgan fingerprint density at radius 1 is 1.57 bits per heavy atom. The van der Waals surface area contributed by atoms with Gasteiger partial charge >= 0.3 is 12.1 Å². The smallest absolute Gasteiger partial charge is 0.409 e. The number of carboxylic acids is 1. The van der Waals surface area contributed by atoms with E-state index in [9.17, 15) is 14.7 Å². The molecule has 80 valence electrons. The Balaban J connectivity index is 2.49. The Morgan fingerprint density at radius 3 is 2.71 bits per heavy atom. The fourth-order valence-corrected chi connectivity index (χ4v) is 1.54. The molecule has 0 aliphatic carbocycles. The average Bonchev–Trinajstić information content (AvgIpc) is 2.64. The molecule has 6 heteroatoms. The number of ether oxygens (including phenoxy) is 1. The molecule has 6 nitrogen and oxygen atoms in total. The highest BCUT2D eigenvalue weighted by Crippen LogP contribution is 2.20. The molecule has 0 saturated carbocycles. The highest BCUT2D eigenvalue weighted by atomic mass is 16.5. The zero-order chi connectivity index (χ0) is 10.7. The molecule has 14 heavy (non-hydrogen) atoms. The van der Waals surface area contributed by atoms with Crippen LogP contribution in [-0.4, -0.2) is 53.5 Å². The summed E-state index contributed by atoms with van der Waals surface area (Å²) in [6, 6.07) is 0. The fourth-order valence-electron chi connectivity index (χ4n) is 1.54. The van der Waals surface area contributed by atoms with Gasteiger partial charge in [0.1, 0.15) is 0 Å². The molecule has 0 bridgehead atoms. The standard InChI is InChI=1S/C8H13NO5/c1-14-8(13)9-3-2-5(4-9)6(10)7(11)12/h5-6,10H,2-4H2,1H3,(H,11,12). The van der Waals surface area contributed by atoms with Gasteiger partial charge in [0.05, 0.1) is 7.11 Å². The average molecular weight is 203 g/mol. The minimum Gasteiger partial charge on any atom is -0.479 e. The highest BCUT2D eigenvalue weighted by Gasteiger charge is 2.34. The number of carboxylic acid groups (broad SMARTS) is 1. The Bertz CT molecular complexity index is 242. The van der Waals surface area contributed by atoms with Gasteiger partial charge in [-0.2, -0.15) is 0 Å². The zero-order valence-electron chi connectivity index (χ0n) is 7.84. The van der Waals surface area contributed by atoms with E-state index in [2.05, 4.69) is 4.74 Å². The first-order chi connectivity index (χ1) is 6.56. The molecular formula is C8H13NO5. The van der Waals surface area contributed by atoms with E-state index in [0.717, 1.165) is 0 Å². The maximum atomic E-state index is 11.0. The summed E-state index contributed by atoms with van der Waals surface area (Å²) in [7, 11) is 1.27. The lowest BCUT2D eigenvalue weighted by molar-refractivity contribution is -0.149. The maximum Gasteiger partial charge on any atom is 0.409 e. The molecule has 0 aromatic carbocycles. The van der Waals surface area contributed by atoms with Gasteiger partial charge in [0.2, 0.25) is 0 Å². The summed E-state index contributed by atoms with van der Waals surface area (Å²) in [4.78, 5) is 22.9. The first kappa shape index (κ1) is 10.8. The second-order valence-electron chi connectivity index (χ2n) is 3.25. The first-order valence-electron chi connectivity index (χ1n) is 4.30. The lowest BCUT2D eigenvalue weighted by Crippen LogP contribution is -2.34. The predicted molar refractivity (Wildman–Crippen MR) is 45.7 cm³/mol. The van der Waals surface area contributed by atoms with Gasteiger partial charge in [0.15, 0.2) is 6.10 Å². The Morgan fingerprint density at radius 2 is 2.21 bits per heavy atom. The van der Waals surface area contributed by atoms with E-state index in [1.165, 1.54) is 12.0 Å². The number of hydrogen-bond donors (Lipinski definition) is 2. The third-order valence-electron chi connectivity index (χ3n) is 2.36. The summed E-state index contributed by atoms with van der Waals surface area (Å²) in [6.45, 7) is 0.668. The summed E-state index contributed by atoms with van der Waals surface area (Å²) >= 11 is 0. The van der Waals surface area contributed by atoms with Crippen LogP contribution >= 0.6 is 0 Å². The number of aliphatic carboxylic acids is 1. The Kier molecular flexibility index (Phi) is 3.29. The topological polar surface area (TPSA) is 87.1 Å². The van der Waals surface area contributed by atoms with Crippen molar-refractivity contribution in [2.45, 2.75) is 12.5 Å². The summed E-state index contributed by atoms with van der Waals surface area (Å²) in [5, 5.41) is 17.8. The SMILES string of the molecule is COC(=O)N1CCC(C(O)C(=O)O)C1. The van der Waals surface area contributed by atoms with Crippen LogP contribution in [0.25, 0.3) is 0 Å². The third kappa shape index (κ3) is 2.14. The van der Waals surface area contributed by atoms with Gasteiger partial charge in [-0.15, -0.1) is 0 Å². The monoisotopic (exact) mass is 203 g/mol. The van der Waals surface area contributed by atoms with Crippen molar-refractivity contribution >= 4 is 12.1 Å². The van der Waals surface area contributed by atoms with Crippen molar-refractivity contribution in [3.63, 3.8) is 0 Å². The summed E-state index contributed by atoms with van der Waals surface area (Å²) in [6.07, 6.45) is -1.39. The normalized spacial score (nSPS) is 23.3. The highest BCUT2D eigenvalue weighted by molar-refractivity contribution is 5.73. The molecule has 1 fully saturated rings. The van der Waals surface area contributed by atoms with Crippen LogP contribution in [0.3, 0.4) is 0 Å². The van der Waals surface area contributed by atoms with Crippen molar-refractivity contribution in [1.82, 2.24) is 4.90 Å². The quantitative estimate of drug-likeness (QED) is 0.633. The molecule has 1 aliphatic rings. The van der Waals surface area contributed by atoms with Crippen LogP contribution in [0.2, 0.25) is 0 Å². The van der Waals surface area contributed by atoms with Crippen LogP contribution < -0.4 is 0 Å². The molecule has 0 spiro atoms. The van der Waals surface area contributed by atoms with Crippen molar-refractivity contribution in [2.24, 2.45) is 5.92 Å². The van der Waals surface area contributed by atoms with Gasteiger partial charge < -0.3 is 19.8 Å². The molecule has 1 amide bonds. The second kappa shape index (κ2) is 4.28. The van der Waals surface area contributed by atoms with Gasteiger partial charge in [0.25, 0.3) is 0 Å². The van der Waals surface area contributed by atoms with E-state index in [1.807, 2.05) is 0 Å². The number of amides is 1. The Hall–Kier alpha value is -1.30. The van der Waals surface area contributed by atoms with Crippen LogP contribution in [0.4, 0.5) is 4.79 Å². The molecule has 0 aromatic rings. The minimum absolute atomic E-state index is 0.236. The molecular weight excluding hydrogens is 190 g/mol. The second-order valence-corrected chi connectivity index (χ2v) is 3.25. The van der Waals surface area contributed by atoms with E-state index >= 15 is 0 Å². The molecule has 1 rings (SSSR count). The zero-order valence-corrected chi connectivity index (χ0v) is 7.84. The number of carbonyl (C=O) groups excluding carboxylic acids is 1. The van der Waals surface area contributed by atoms with Gasteiger partial charge in [-0.25, -0.2) is 9.59 Å². The number of hydrogen-bond acceptors (Lipinski definition) is 4. The van der Waals surface area contributed by atoms with Crippen molar-refractivity contribution < 1.29 is 24.5 Å². The van der Waals surface area contributed by atoms with E-state index < -0.39 is 24.1 Å². The molecule has 0 aromatic heterocycles. The molecule has 2 atom stereocenters. The van der Waals surface area contributed by atoms with E-state index in [1.54, 1.807) is 0 Å². The van der Waals surface area contributed by atoms with Crippen LogP contribution in [0.15, 0.2) is 0 Å². The van der Waals surface area contributed by atoms with E-state index in [4.69, 9.17) is 5.11 Å². The van der Waals surface area contributed by atoms with Crippen LogP contribution in [0.1, 0.15) is 6.42 Å². The lowest BCUT2D eigenvalue weighted by atomic mass is 10.0. The van der Waals surface area contributed by atoms with E-state index in [0.29, 0.717) is 13.0 Å². The fraction of sp³-hybridized carbons (Fsp3) is 0.750. The van der Waals surface area contributed by atoms with Crippen molar-refractivity contribution in [2.75, 3.05) is 20.2 Å². The molecule has 2 unspecified atom stereocenters. The van der Waals surface area contributed by atoms with Gasteiger partial charge in [-0.3, -0.25) is 0 Å². The van der Waals surface area contributed by atoms with Crippen molar-refractivity contribution in [3.8, 4) is 0 Å². The number of aliphatic hydroxyl groups excluding tert-OH is 1. The van der Waals surface area contributed by atoms with E-state index in [-0.39, 0.29) is 6.54 Å². The van der Waals surface area contributed by atoms with Crippen LogP contribution in [-0.2, 0) is 9.53 Å². The van der Waals surface area contributed by atoms with Gasteiger partial charge in [0, 0.05) is 19.0 Å². The number of nitrogens with zero attached hydrogens (tertiary/aromatic N) is 1. The molecule has 1 heterocycles. The molecule has 0 radical (unpaired) electrons. The van der Waals surface area contributed by atoms with Crippen molar-refractivity contribution in [3.05, 3.63) is 0 Å². The number of aliphatic hydroxyl groups is 1. The van der Waals surface area contributed by atoms with Crippen LogP contribution in [0.5, 0.6) is 0 Å². The summed E-state index contributed by atoms with van der Waals surface area (Å²) in [5.74, 6) is -1.65. The lowest BCUT2D eigenvalue weighted by Gasteiger charge is -2.15. The minimum atomic E-state index is -1.40. The van der Waals surface area contributed by atoms with Crippen LogP contribution in [0, 0.1) is 5.92 Å². The molecule has 1 aliphatic heterocycles. The number of rotatable bonds is 2. The first-order valence-corrected chi connectivity index (χ1v) is 4.30. The predicted octanol–water partition coefficient (Wildman–Crippen LogP) is -0.480.